The van der Waals surface area contributed by atoms with Crippen molar-refractivity contribution in [2.24, 2.45) is 0 Å². The van der Waals surface area contributed by atoms with Crippen LogP contribution in [0.2, 0.25) is 0 Å². The molecule has 0 radical (unpaired) electrons. The second-order valence-electron chi connectivity index (χ2n) is 5.47. The largest absolute Gasteiger partial charge is 0.462 e. The van der Waals surface area contributed by atoms with Crippen molar-refractivity contribution in [3.8, 4) is 0 Å². The number of allylic oxidation sites excluding steroid dienone is 1. The fourth-order valence-corrected chi connectivity index (χ4v) is 2.50. The highest BCUT2D eigenvalue weighted by molar-refractivity contribution is 5.95. The summed E-state index contributed by atoms with van der Waals surface area (Å²) in [7, 11) is 0. The van der Waals surface area contributed by atoms with Crippen LogP contribution in [0.3, 0.4) is 0 Å². The lowest BCUT2D eigenvalue weighted by Gasteiger charge is -2.28. The van der Waals surface area contributed by atoms with Crippen LogP contribution in [0, 0.1) is 5.82 Å². The zero-order valence-electron chi connectivity index (χ0n) is 13.3. The zero-order chi connectivity index (χ0) is 16.8. The van der Waals surface area contributed by atoms with E-state index in [4.69, 9.17) is 4.74 Å². The van der Waals surface area contributed by atoms with Gasteiger partial charge in [-0.1, -0.05) is 31.9 Å². The lowest BCUT2D eigenvalue weighted by atomic mass is 9.95. The van der Waals surface area contributed by atoms with Crippen LogP contribution in [0.4, 0.5) is 9.18 Å². The van der Waals surface area contributed by atoms with Gasteiger partial charge in [0.25, 0.3) is 0 Å². The third kappa shape index (κ3) is 4.31. The van der Waals surface area contributed by atoms with Gasteiger partial charge in [-0.05, 0) is 31.0 Å². The molecule has 124 valence electrons. The number of urea groups is 1. The normalized spacial score (nSPS) is 17.5. The third-order valence-electron chi connectivity index (χ3n) is 3.65. The Bertz CT molecular complexity index is 628. The first kappa shape index (κ1) is 17.0. The number of hydrogen-bond acceptors (Lipinski definition) is 3. The Kier molecular flexibility index (Phi) is 5.73. The highest BCUT2D eigenvalue weighted by atomic mass is 19.1. The second-order valence-corrected chi connectivity index (χ2v) is 5.47. The first-order valence-electron chi connectivity index (χ1n) is 7.73. The zero-order valence-corrected chi connectivity index (χ0v) is 13.3. The van der Waals surface area contributed by atoms with Gasteiger partial charge in [-0.15, -0.1) is 0 Å². The number of halogens is 1. The first-order valence-corrected chi connectivity index (χ1v) is 7.73. The van der Waals surface area contributed by atoms with E-state index < -0.39 is 23.9 Å². The molecule has 0 unspecified atom stereocenters. The number of nitrogens with one attached hydrogen (secondary N) is 2. The molecule has 0 bridgehead atoms. The predicted molar refractivity (Wildman–Crippen MR) is 84.0 cm³/mol. The molecule has 0 aromatic heterocycles. The van der Waals surface area contributed by atoms with Crippen LogP contribution in [-0.4, -0.2) is 18.6 Å². The highest BCUT2D eigenvalue weighted by Gasteiger charge is 2.32. The molecule has 1 aromatic rings. The maximum atomic E-state index is 13.5. The third-order valence-corrected chi connectivity index (χ3v) is 3.65. The fraction of sp³-hybridized carbons (Fsp3) is 0.412. The smallest absolute Gasteiger partial charge is 0.338 e. The number of hydrogen-bond donors (Lipinski definition) is 2. The topological polar surface area (TPSA) is 67.4 Å². The van der Waals surface area contributed by atoms with Gasteiger partial charge in [-0.2, -0.15) is 0 Å². The number of esters is 1. The molecular formula is C17H21FN2O3. The Morgan fingerprint density at radius 3 is 2.83 bits per heavy atom. The van der Waals surface area contributed by atoms with Crippen LogP contribution < -0.4 is 10.6 Å². The van der Waals surface area contributed by atoms with Crippen molar-refractivity contribution in [3.05, 3.63) is 46.9 Å². The maximum Gasteiger partial charge on any atom is 0.338 e. The molecule has 0 spiro atoms. The second kappa shape index (κ2) is 7.76. The van der Waals surface area contributed by atoms with Gasteiger partial charge in [-0.3, -0.25) is 0 Å². The minimum Gasteiger partial charge on any atom is -0.462 e. The van der Waals surface area contributed by atoms with E-state index in [-0.39, 0.29) is 0 Å². The molecule has 2 amide bonds. The van der Waals surface area contributed by atoms with Gasteiger partial charge in [0.15, 0.2) is 0 Å². The van der Waals surface area contributed by atoms with E-state index in [0.29, 0.717) is 23.4 Å². The van der Waals surface area contributed by atoms with Crippen molar-refractivity contribution in [1.82, 2.24) is 10.6 Å². The summed E-state index contributed by atoms with van der Waals surface area (Å²) in [6.45, 7) is 4.02. The fourth-order valence-electron chi connectivity index (χ4n) is 2.50. The minimum atomic E-state index is -0.724. The summed E-state index contributed by atoms with van der Waals surface area (Å²) >= 11 is 0. The van der Waals surface area contributed by atoms with Crippen LogP contribution in [0.1, 0.15) is 44.7 Å². The molecular weight excluding hydrogens is 299 g/mol. The van der Waals surface area contributed by atoms with Gasteiger partial charge >= 0.3 is 12.0 Å². The quantitative estimate of drug-likeness (QED) is 0.625. The monoisotopic (exact) mass is 320 g/mol. The van der Waals surface area contributed by atoms with E-state index in [9.17, 15) is 14.0 Å². The Hall–Kier alpha value is -2.37. The van der Waals surface area contributed by atoms with Gasteiger partial charge in [0.2, 0.25) is 0 Å². The van der Waals surface area contributed by atoms with Crippen LogP contribution in [0.5, 0.6) is 0 Å². The number of carbonyl (C=O) groups excluding carboxylic acids is 2. The highest BCUT2D eigenvalue weighted by Crippen LogP contribution is 2.28. The minimum absolute atomic E-state index is 0.298. The molecule has 1 atom stereocenters. The van der Waals surface area contributed by atoms with Crippen molar-refractivity contribution >= 4 is 12.0 Å². The maximum absolute atomic E-state index is 13.5. The molecule has 23 heavy (non-hydrogen) atoms. The molecule has 0 aliphatic carbocycles. The number of rotatable bonds is 6. The molecule has 5 nitrogen and oxygen atoms in total. The van der Waals surface area contributed by atoms with Crippen molar-refractivity contribution in [3.63, 3.8) is 0 Å². The first-order chi connectivity index (χ1) is 11.0. The summed E-state index contributed by atoms with van der Waals surface area (Å²) in [5, 5.41) is 5.21. The van der Waals surface area contributed by atoms with E-state index in [0.717, 1.165) is 19.3 Å². The molecule has 6 heteroatoms. The van der Waals surface area contributed by atoms with Gasteiger partial charge < -0.3 is 15.4 Å². The summed E-state index contributed by atoms with van der Waals surface area (Å²) in [5.41, 5.74) is 1.22. The molecule has 1 heterocycles. The summed E-state index contributed by atoms with van der Waals surface area (Å²) in [6.07, 6.45) is 2.80. The standard InChI is InChI=1S/C17H21FN2O3/c1-3-4-5-9-23-16(21)14-11(2)19-17(22)20-15(14)12-7-6-8-13(18)10-12/h6-8,10,15H,3-5,9H2,1-2H3,(H2,19,20,22)/t15-/m0/s1. The number of carbonyl (C=O) groups is 2. The number of amides is 2. The Morgan fingerprint density at radius 1 is 1.35 bits per heavy atom. The number of unbranched alkanes of at least 4 members (excludes halogenated alkanes) is 2. The Morgan fingerprint density at radius 2 is 2.13 bits per heavy atom. The SMILES string of the molecule is CCCCCOC(=O)C1=C(C)NC(=O)N[C@H]1c1cccc(F)c1. The summed E-state index contributed by atoms with van der Waals surface area (Å²) in [5.74, 6) is -0.927. The van der Waals surface area contributed by atoms with Gasteiger partial charge in [0.1, 0.15) is 5.82 Å². The molecule has 2 N–H and O–H groups in total. The van der Waals surface area contributed by atoms with Gasteiger partial charge in [-0.25, -0.2) is 14.0 Å². The summed E-state index contributed by atoms with van der Waals surface area (Å²) in [4.78, 5) is 24.1. The summed E-state index contributed by atoms with van der Waals surface area (Å²) in [6, 6.07) is 4.66. The van der Waals surface area contributed by atoms with Crippen molar-refractivity contribution in [2.75, 3.05) is 6.61 Å². The lowest BCUT2D eigenvalue weighted by Crippen LogP contribution is -2.45. The van der Waals surface area contributed by atoms with E-state index in [1.165, 1.54) is 12.1 Å². The average molecular weight is 320 g/mol. The lowest BCUT2D eigenvalue weighted by molar-refractivity contribution is -0.139. The summed E-state index contributed by atoms with van der Waals surface area (Å²) < 4.78 is 18.8. The van der Waals surface area contributed by atoms with E-state index in [1.807, 2.05) is 0 Å². The van der Waals surface area contributed by atoms with E-state index in [2.05, 4.69) is 17.6 Å². The van der Waals surface area contributed by atoms with E-state index >= 15 is 0 Å². The number of ether oxygens (including phenoxy) is 1. The van der Waals surface area contributed by atoms with Crippen LogP contribution in [0.15, 0.2) is 35.5 Å². The molecule has 0 saturated carbocycles. The molecule has 0 fully saturated rings. The van der Waals surface area contributed by atoms with Crippen molar-refractivity contribution < 1.29 is 18.7 Å². The van der Waals surface area contributed by atoms with Gasteiger partial charge in [0.05, 0.1) is 18.2 Å². The van der Waals surface area contributed by atoms with Crippen LogP contribution in [-0.2, 0) is 9.53 Å². The van der Waals surface area contributed by atoms with Crippen molar-refractivity contribution in [2.45, 2.75) is 39.2 Å². The molecule has 1 aliphatic rings. The number of benzene rings is 1. The Balaban J connectivity index is 2.22. The van der Waals surface area contributed by atoms with E-state index in [1.54, 1.807) is 19.1 Å². The van der Waals surface area contributed by atoms with Crippen molar-refractivity contribution in [1.29, 1.82) is 0 Å². The Labute approximate surface area is 134 Å². The molecule has 1 aromatic carbocycles. The van der Waals surface area contributed by atoms with Crippen LogP contribution in [0.25, 0.3) is 0 Å². The van der Waals surface area contributed by atoms with Crippen LogP contribution >= 0.6 is 0 Å². The molecule has 2 rings (SSSR count). The molecule has 1 aliphatic heterocycles. The average Bonchev–Trinajstić information content (AvgIpc) is 2.50. The predicted octanol–water partition coefficient (Wildman–Crippen LogP) is 3.19. The van der Waals surface area contributed by atoms with Gasteiger partial charge in [0, 0.05) is 5.70 Å². The molecule has 0 saturated heterocycles.